The standard InChI is InChI=1S/C30H27F2NO3/c31-21-7-12-26(28(32)18-21)27-11-6-20-17-23(34)8-13-25(20)29(27)30(35)19-4-9-24(10-5-19)36-16-14-22-3-1-2-15-33-22/h4-13,17-18,22,33-34H,1-3,14-16H2. The molecule has 0 amide bonds. The highest BCUT2D eigenvalue weighted by Crippen LogP contribution is 2.35. The number of phenolic OH excluding ortho intramolecular Hbond substituents is 1. The lowest BCUT2D eigenvalue weighted by Gasteiger charge is -2.23. The second kappa shape index (κ2) is 10.5. The van der Waals surface area contributed by atoms with Crippen molar-refractivity contribution in [2.24, 2.45) is 0 Å². The first-order valence-corrected chi connectivity index (χ1v) is 12.2. The lowest BCUT2D eigenvalue weighted by molar-refractivity contribution is 0.104. The number of phenols is 1. The fourth-order valence-electron chi connectivity index (χ4n) is 4.83. The summed E-state index contributed by atoms with van der Waals surface area (Å²) in [4.78, 5) is 13.7. The summed E-state index contributed by atoms with van der Waals surface area (Å²) in [6.45, 7) is 1.64. The van der Waals surface area contributed by atoms with Gasteiger partial charge in [-0.15, -0.1) is 0 Å². The van der Waals surface area contributed by atoms with Crippen LogP contribution >= 0.6 is 0 Å². The quantitative estimate of drug-likeness (QED) is 0.287. The summed E-state index contributed by atoms with van der Waals surface area (Å²) in [7, 11) is 0. The topological polar surface area (TPSA) is 58.6 Å². The molecule has 0 radical (unpaired) electrons. The largest absolute Gasteiger partial charge is 0.508 e. The van der Waals surface area contributed by atoms with Gasteiger partial charge in [-0.1, -0.05) is 18.6 Å². The van der Waals surface area contributed by atoms with Crippen molar-refractivity contribution < 1.29 is 23.4 Å². The van der Waals surface area contributed by atoms with E-state index in [1.165, 1.54) is 31.0 Å². The fraction of sp³-hybridized carbons (Fsp3) is 0.233. The molecule has 6 heteroatoms. The van der Waals surface area contributed by atoms with E-state index in [4.69, 9.17) is 4.74 Å². The Morgan fingerprint density at radius 1 is 0.944 bits per heavy atom. The Morgan fingerprint density at radius 3 is 2.50 bits per heavy atom. The summed E-state index contributed by atoms with van der Waals surface area (Å²) >= 11 is 0. The summed E-state index contributed by atoms with van der Waals surface area (Å²) in [5.74, 6) is -1.01. The molecule has 1 aliphatic heterocycles. The molecule has 2 N–H and O–H groups in total. The Morgan fingerprint density at radius 2 is 1.75 bits per heavy atom. The first-order valence-electron chi connectivity index (χ1n) is 12.2. The Kier molecular flexibility index (Phi) is 6.96. The molecule has 184 valence electrons. The number of piperidine rings is 1. The van der Waals surface area contributed by atoms with E-state index in [9.17, 15) is 18.7 Å². The van der Waals surface area contributed by atoms with E-state index in [0.29, 0.717) is 40.3 Å². The van der Waals surface area contributed by atoms with Crippen molar-refractivity contribution in [2.75, 3.05) is 13.2 Å². The number of halogens is 2. The maximum Gasteiger partial charge on any atom is 0.194 e. The second-order valence-electron chi connectivity index (χ2n) is 9.16. The first kappa shape index (κ1) is 23.9. The lowest BCUT2D eigenvalue weighted by atomic mass is 9.89. The average molecular weight is 488 g/mol. The number of rotatable bonds is 7. The Labute approximate surface area is 208 Å². The van der Waals surface area contributed by atoms with Crippen molar-refractivity contribution in [3.8, 4) is 22.6 Å². The van der Waals surface area contributed by atoms with Crippen molar-refractivity contribution in [3.05, 3.63) is 95.6 Å². The number of aromatic hydroxyl groups is 1. The van der Waals surface area contributed by atoms with Gasteiger partial charge < -0.3 is 15.2 Å². The van der Waals surface area contributed by atoms with Gasteiger partial charge in [0.1, 0.15) is 23.1 Å². The van der Waals surface area contributed by atoms with Crippen molar-refractivity contribution in [3.63, 3.8) is 0 Å². The number of hydrogen-bond donors (Lipinski definition) is 2. The number of fused-ring (bicyclic) bond motifs is 1. The van der Waals surface area contributed by atoms with E-state index in [2.05, 4.69) is 5.32 Å². The predicted molar refractivity (Wildman–Crippen MR) is 137 cm³/mol. The molecule has 4 nitrogen and oxygen atoms in total. The molecule has 5 rings (SSSR count). The molecule has 1 heterocycles. The van der Waals surface area contributed by atoms with Crippen molar-refractivity contribution in [2.45, 2.75) is 31.7 Å². The molecule has 0 saturated carbocycles. The van der Waals surface area contributed by atoms with Gasteiger partial charge in [-0.05, 0) is 96.7 Å². The van der Waals surface area contributed by atoms with Crippen LogP contribution in [-0.2, 0) is 0 Å². The van der Waals surface area contributed by atoms with Crippen molar-refractivity contribution >= 4 is 16.6 Å². The smallest absolute Gasteiger partial charge is 0.194 e. The Balaban J connectivity index is 1.45. The van der Waals surface area contributed by atoms with E-state index in [0.717, 1.165) is 25.5 Å². The van der Waals surface area contributed by atoms with Crippen LogP contribution in [0.25, 0.3) is 21.9 Å². The summed E-state index contributed by atoms with van der Waals surface area (Å²) in [5, 5.41) is 14.6. The van der Waals surface area contributed by atoms with Crippen molar-refractivity contribution in [1.29, 1.82) is 0 Å². The Hall–Kier alpha value is -3.77. The third-order valence-electron chi connectivity index (χ3n) is 6.72. The molecule has 0 spiro atoms. The molecule has 4 aromatic rings. The number of nitrogens with one attached hydrogen (secondary N) is 1. The molecule has 1 aliphatic rings. The molecular formula is C30H27F2NO3. The molecule has 1 saturated heterocycles. The fourth-order valence-corrected chi connectivity index (χ4v) is 4.83. The van der Waals surface area contributed by atoms with Gasteiger partial charge in [0, 0.05) is 28.8 Å². The number of carbonyl (C=O) groups excluding carboxylic acids is 1. The van der Waals surface area contributed by atoms with E-state index in [1.54, 1.807) is 48.5 Å². The second-order valence-corrected chi connectivity index (χ2v) is 9.16. The van der Waals surface area contributed by atoms with Crippen molar-refractivity contribution in [1.82, 2.24) is 5.32 Å². The number of benzene rings is 4. The summed E-state index contributed by atoms with van der Waals surface area (Å²) in [6, 6.07) is 18.7. The van der Waals surface area contributed by atoms with Crippen LogP contribution in [0.5, 0.6) is 11.5 Å². The van der Waals surface area contributed by atoms with Crippen LogP contribution in [0.1, 0.15) is 41.6 Å². The normalized spacial score (nSPS) is 15.7. The van der Waals surface area contributed by atoms with Crippen LogP contribution in [0.2, 0.25) is 0 Å². The highest BCUT2D eigenvalue weighted by molar-refractivity contribution is 6.20. The molecule has 4 aromatic carbocycles. The zero-order valence-electron chi connectivity index (χ0n) is 19.8. The third-order valence-corrected chi connectivity index (χ3v) is 6.72. The van der Waals surface area contributed by atoms with Crippen LogP contribution < -0.4 is 10.1 Å². The van der Waals surface area contributed by atoms with Gasteiger partial charge in [-0.25, -0.2) is 8.78 Å². The van der Waals surface area contributed by atoms with E-state index >= 15 is 0 Å². The number of hydrogen-bond acceptors (Lipinski definition) is 4. The van der Waals surface area contributed by atoms with E-state index < -0.39 is 11.6 Å². The van der Waals surface area contributed by atoms with Crippen LogP contribution in [0, 0.1) is 11.6 Å². The van der Waals surface area contributed by atoms with Gasteiger partial charge in [-0.3, -0.25) is 4.79 Å². The van der Waals surface area contributed by atoms with E-state index in [-0.39, 0.29) is 22.7 Å². The molecule has 0 aromatic heterocycles. The molecule has 1 fully saturated rings. The number of carbonyl (C=O) groups is 1. The van der Waals surface area contributed by atoms with Gasteiger partial charge in [0.05, 0.1) is 6.61 Å². The first-order chi connectivity index (χ1) is 17.5. The maximum absolute atomic E-state index is 14.7. The highest BCUT2D eigenvalue weighted by atomic mass is 19.1. The van der Waals surface area contributed by atoms with Crippen LogP contribution in [0.4, 0.5) is 8.78 Å². The van der Waals surface area contributed by atoms with Gasteiger partial charge >= 0.3 is 0 Å². The van der Waals surface area contributed by atoms with Gasteiger partial charge in [-0.2, -0.15) is 0 Å². The predicted octanol–water partition coefficient (Wildman–Crippen LogP) is 6.63. The molecular weight excluding hydrogens is 460 g/mol. The van der Waals surface area contributed by atoms with E-state index in [1.807, 2.05) is 0 Å². The third kappa shape index (κ3) is 5.09. The summed E-state index contributed by atoms with van der Waals surface area (Å²) < 4.78 is 34.2. The lowest BCUT2D eigenvalue weighted by Crippen LogP contribution is -2.35. The molecule has 1 unspecified atom stereocenters. The molecule has 1 atom stereocenters. The minimum atomic E-state index is -0.751. The molecule has 0 bridgehead atoms. The van der Waals surface area contributed by atoms with Crippen LogP contribution in [-0.4, -0.2) is 30.1 Å². The summed E-state index contributed by atoms with van der Waals surface area (Å²) in [5.41, 5.74) is 1.19. The minimum Gasteiger partial charge on any atom is -0.508 e. The highest BCUT2D eigenvalue weighted by Gasteiger charge is 2.21. The zero-order chi connectivity index (χ0) is 25.1. The van der Waals surface area contributed by atoms with Crippen LogP contribution in [0.15, 0.2) is 72.8 Å². The number of ether oxygens (including phenoxy) is 1. The van der Waals surface area contributed by atoms with Gasteiger partial charge in [0.15, 0.2) is 5.78 Å². The molecule has 36 heavy (non-hydrogen) atoms. The minimum absolute atomic E-state index is 0.0616. The van der Waals surface area contributed by atoms with Gasteiger partial charge in [0.25, 0.3) is 0 Å². The number of ketones is 1. The van der Waals surface area contributed by atoms with Gasteiger partial charge in [0.2, 0.25) is 0 Å². The Bertz CT molecular complexity index is 1400. The molecule has 0 aliphatic carbocycles. The van der Waals surface area contributed by atoms with Crippen LogP contribution in [0.3, 0.4) is 0 Å². The monoisotopic (exact) mass is 487 g/mol. The SMILES string of the molecule is O=C(c1ccc(OCCC2CCCCN2)cc1)c1c(-c2ccc(F)cc2F)ccc2cc(O)ccc12. The average Bonchev–Trinajstić information content (AvgIpc) is 2.89. The summed E-state index contributed by atoms with van der Waals surface area (Å²) in [6.07, 6.45) is 4.55. The zero-order valence-corrected chi connectivity index (χ0v) is 19.8. The maximum atomic E-state index is 14.7.